The number of carbonyl (C=O) groups excluding carboxylic acids is 4. The van der Waals surface area contributed by atoms with Gasteiger partial charge in [-0.1, -0.05) is 6.92 Å². The molecular formula is C18H26O9. The normalized spacial score (nSPS) is 31.9. The van der Waals surface area contributed by atoms with Crippen molar-refractivity contribution in [1.82, 2.24) is 0 Å². The Morgan fingerprint density at radius 1 is 1.22 bits per heavy atom. The first kappa shape index (κ1) is 21.1. The van der Waals surface area contributed by atoms with Gasteiger partial charge in [0.2, 0.25) is 0 Å². The summed E-state index contributed by atoms with van der Waals surface area (Å²) in [4.78, 5) is 47.4. The molecule has 27 heavy (non-hydrogen) atoms. The van der Waals surface area contributed by atoms with E-state index in [-0.39, 0.29) is 12.8 Å². The van der Waals surface area contributed by atoms with Gasteiger partial charge in [0, 0.05) is 26.2 Å². The van der Waals surface area contributed by atoms with E-state index in [1.807, 2.05) is 0 Å². The van der Waals surface area contributed by atoms with Crippen molar-refractivity contribution in [1.29, 1.82) is 0 Å². The van der Waals surface area contributed by atoms with E-state index in [2.05, 4.69) is 0 Å². The highest BCUT2D eigenvalue weighted by Gasteiger charge is 2.57. The van der Waals surface area contributed by atoms with Crippen LogP contribution in [0.3, 0.4) is 0 Å². The summed E-state index contributed by atoms with van der Waals surface area (Å²) in [6, 6.07) is 0. The largest absolute Gasteiger partial charge is 0.467 e. The Bertz CT molecular complexity index is 616. The third-order valence-electron chi connectivity index (χ3n) is 4.90. The number of ether oxygens (including phenoxy) is 5. The van der Waals surface area contributed by atoms with Crippen LogP contribution in [0, 0.1) is 5.92 Å². The van der Waals surface area contributed by atoms with Gasteiger partial charge in [-0.15, -0.1) is 0 Å². The van der Waals surface area contributed by atoms with Gasteiger partial charge in [0.25, 0.3) is 0 Å². The van der Waals surface area contributed by atoms with Crippen LogP contribution >= 0.6 is 0 Å². The molecule has 0 aromatic carbocycles. The lowest BCUT2D eigenvalue weighted by atomic mass is 9.79. The van der Waals surface area contributed by atoms with Crippen molar-refractivity contribution in [3.63, 3.8) is 0 Å². The van der Waals surface area contributed by atoms with Crippen molar-refractivity contribution in [2.75, 3.05) is 7.11 Å². The van der Waals surface area contributed by atoms with Crippen molar-refractivity contribution >= 4 is 23.9 Å². The highest BCUT2D eigenvalue weighted by atomic mass is 16.6. The summed E-state index contributed by atoms with van der Waals surface area (Å²) in [5, 5.41) is 0. The summed E-state index contributed by atoms with van der Waals surface area (Å²) < 4.78 is 27.0. The monoisotopic (exact) mass is 386 g/mol. The molecule has 0 radical (unpaired) electrons. The quantitative estimate of drug-likeness (QED) is 0.485. The van der Waals surface area contributed by atoms with Crippen LogP contribution in [-0.2, 0) is 42.9 Å². The molecule has 0 N–H and O–H groups in total. The van der Waals surface area contributed by atoms with E-state index in [4.69, 9.17) is 23.7 Å². The Morgan fingerprint density at radius 2 is 1.85 bits per heavy atom. The summed E-state index contributed by atoms with van der Waals surface area (Å²) in [7, 11) is 1.23. The van der Waals surface area contributed by atoms with Crippen molar-refractivity contribution in [2.24, 2.45) is 5.92 Å². The van der Waals surface area contributed by atoms with Crippen molar-refractivity contribution < 1.29 is 42.9 Å². The number of methoxy groups -OCH3 is 1. The maximum Gasteiger partial charge on any atom is 0.338 e. The highest BCUT2D eigenvalue weighted by molar-refractivity contribution is 5.80. The molecular weight excluding hydrogens is 360 g/mol. The molecule has 2 fully saturated rings. The van der Waals surface area contributed by atoms with Crippen LogP contribution in [0.4, 0.5) is 0 Å². The first-order valence-corrected chi connectivity index (χ1v) is 8.91. The van der Waals surface area contributed by atoms with E-state index in [9.17, 15) is 19.2 Å². The molecule has 0 bridgehead atoms. The van der Waals surface area contributed by atoms with E-state index in [1.165, 1.54) is 27.9 Å². The van der Waals surface area contributed by atoms with Gasteiger partial charge >= 0.3 is 23.9 Å². The molecule has 0 amide bonds. The molecule has 0 aromatic heterocycles. The van der Waals surface area contributed by atoms with Gasteiger partial charge < -0.3 is 23.7 Å². The molecule has 0 spiro atoms. The number of hydrogen-bond donors (Lipinski definition) is 0. The van der Waals surface area contributed by atoms with Gasteiger partial charge in [-0.3, -0.25) is 14.4 Å². The van der Waals surface area contributed by atoms with Gasteiger partial charge in [-0.2, -0.15) is 0 Å². The van der Waals surface area contributed by atoms with Crippen LogP contribution in [0.2, 0.25) is 0 Å². The second kappa shape index (κ2) is 8.24. The Labute approximate surface area is 157 Å². The van der Waals surface area contributed by atoms with Crippen molar-refractivity contribution in [3.05, 3.63) is 0 Å². The van der Waals surface area contributed by atoms with E-state index in [1.54, 1.807) is 6.92 Å². The average molecular weight is 386 g/mol. The van der Waals surface area contributed by atoms with Crippen LogP contribution in [0.1, 0.15) is 47.0 Å². The predicted molar refractivity (Wildman–Crippen MR) is 89.3 cm³/mol. The van der Waals surface area contributed by atoms with Crippen LogP contribution in [0.15, 0.2) is 0 Å². The summed E-state index contributed by atoms with van der Waals surface area (Å²) >= 11 is 0. The molecule has 2 heterocycles. The molecule has 0 aliphatic carbocycles. The lowest BCUT2D eigenvalue weighted by Crippen LogP contribution is -2.59. The molecule has 0 saturated carbocycles. The third kappa shape index (κ3) is 4.58. The van der Waals surface area contributed by atoms with Gasteiger partial charge in [0.1, 0.15) is 18.3 Å². The third-order valence-corrected chi connectivity index (χ3v) is 4.90. The number of esters is 4. The molecule has 9 heteroatoms. The number of carbonyl (C=O) groups is 4. The van der Waals surface area contributed by atoms with Crippen molar-refractivity contribution in [3.8, 4) is 0 Å². The molecule has 2 aliphatic heterocycles. The molecule has 0 aromatic rings. The smallest absolute Gasteiger partial charge is 0.338 e. The van der Waals surface area contributed by atoms with E-state index < -0.39 is 59.8 Å². The second-order valence-corrected chi connectivity index (χ2v) is 7.04. The fourth-order valence-corrected chi connectivity index (χ4v) is 3.77. The summed E-state index contributed by atoms with van der Waals surface area (Å²) in [6.45, 7) is 5.77. The SMILES string of the molecule is CC[C@@H](OC(C)=O)[C@@H](OC(C)=O)C1O[C@](C)(C(=O)OC)C[C@H]2OC(=O)C[C@@H]12. The number of fused-ring (bicyclic) bond motifs is 1. The van der Waals surface area contributed by atoms with Crippen molar-refractivity contribution in [2.45, 2.75) is 77.0 Å². The van der Waals surface area contributed by atoms with Crippen LogP contribution in [-0.4, -0.2) is 61.0 Å². The van der Waals surface area contributed by atoms with Gasteiger partial charge in [0.15, 0.2) is 11.7 Å². The fourth-order valence-electron chi connectivity index (χ4n) is 3.77. The minimum absolute atomic E-state index is 0.0564. The molecule has 2 saturated heterocycles. The fraction of sp³-hybridized carbons (Fsp3) is 0.778. The topological polar surface area (TPSA) is 114 Å². The van der Waals surface area contributed by atoms with E-state index in [0.29, 0.717) is 6.42 Å². The first-order valence-electron chi connectivity index (χ1n) is 8.91. The van der Waals surface area contributed by atoms with Crippen LogP contribution in [0.5, 0.6) is 0 Å². The maximum absolute atomic E-state index is 12.3. The average Bonchev–Trinajstić information content (AvgIpc) is 2.95. The summed E-state index contributed by atoms with van der Waals surface area (Å²) in [6.07, 6.45) is -2.74. The van der Waals surface area contributed by atoms with E-state index in [0.717, 1.165) is 0 Å². The standard InChI is InChI=1S/C18H26O9/c1-6-12(24-9(2)19)16(25-10(3)20)15-11-7-14(21)26-13(11)8-18(4,27-15)17(22)23-5/h11-13,15-16H,6-8H2,1-5H3/t11-,12-,13-,15?,16-,18+/m1/s1. The Kier molecular flexibility index (Phi) is 6.46. The van der Waals surface area contributed by atoms with Gasteiger partial charge in [-0.05, 0) is 13.3 Å². The van der Waals surface area contributed by atoms with Gasteiger partial charge in [-0.25, -0.2) is 4.79 Å². The zero-order chi connectivity index (χ0) is 20.4. The number of hydrogen-bond acceptors (Lipinski definition) is 9. The first-order chi connectivity index (χ1) is 12.6. The Hall–Kier alpha value is -2.16. The minimum Gasteiger partial charge on any atom is -0.467 e. The highest BCUT2D eigenvalue weighted by Crippen LogP contribution is 2.43. The summed E-state index contributed by atoms with van der Waals surface area (Å²) in [5.74, 6) is -2.63. The summed E-state index contributed by atoms with van der Waals surface area (Å²) in [5.41, 5.74) is -1.39. The molecule has 152 valence electrons. The maximum atomic E-state index is 12.3. The van der Waals surface area contributed by atoms with Gasteiger partial charge in [0.05, 0.1) is 13.5 Å². The molecule has 1 unspecified atom stereocenters. The Balaban J connectivity index is 2.42. The second-order valence-electron chi connectivity index (χ2n) is 7.04. The van der Waals surface area contributed by atoms with E-state index >= 15 is 0 Å². The molecule has 2 rings (SSSR count). The molecule has 6 atom stereocenters. The lowest BCUT2D eigenvalue weighted by Gasteiger charge is -2.45. The number of rotatable bonds is 6. The predicted octanol–water partition coefficient (Wildman–Crippen LogP) is 0.912. The molecule has 9 nitrogen and oxygen atoms in total. The molecule has 2 aliphatic rings. The zero-order valence-electron chi connectivity index (χ0n) is 16.2. The minimum atomic E-state index is -1.39. The van der Waals surface area contributed by atoms with Crippen LogP contribution in [0.25, 0.3) is 0 Å². The lowest BCUT2D eigenvalue weighted by molar-refractivity contribution is -0.235. The van der Waals surface area contributed by atoms with Crippen LogP contribution < -0.4 is 0 Å². The Morgan fingerprint density at radius 3 is 2.37 bits per heavy atom. The zero-order valence-corrected chi connectivity index (χ0v) is 16.2.